The molecule has 0 bridgehead atoms. The van der Waals surface area contributed by atoms with E-state index in [0.29, 0.717) is 17.7 Å². The van der Waals surface area contributed by atoms with E-state index >= 15 is 0 Å². The lowest BCUT2D eigenvalue weighted by atomic mass is 10.1. The number of nitrogens with zero attached hydrogens (tertiary/aromatic N) is 6. The van der Waals surface area contributed by atoms with Crippen molar-refractivity contribution in [3.63, 3.8) is 0 Å². The molecule has 2 aromatic heterocycles. The first kappa shape index (κ1) is 16.0. The predicted octanol–water partition coefficient (Wildman–Crippen LogP) is 1.77. The Morgan fingerprint density at radius 1 is 1.12 bits per heavy atom. The van der Waals surface area contributed by atoms with Gasteiger partial charge in [0.05, 0.1) is 5.69 Å². The van der Waals surface area contributed by atoms with Crippen LogP contribution in [0.15, 0.2) is 35.4 Å². The van der Waals surface area contributed by atoms with Gasteiger partial charge in [-0.3, -0.25) is 9.36 Å². The molecule has 0 radical (unpaired) electrons. The van der Waals surface area contributed by atoms with Crippen molar-refractivity contribution in [2.45, 2.75) is 32.7 Å². The molecule has 1 saturated heterocycles. The number of fused-ring (bicyclic) bond motifs is 1. The van der Waals surface area contributed by atoms with E-state index in [9.17, 15) is 4.79 Å². The molecule has 3 heterocycles. The number of piperidine rings is 1. The largest absolute Gasteiger partial charge is 0.302 e. The molecule has 25 heavy (non-hydrogen) atoms. The summed E-state index contributed by atoms with van der Waals surface area (Å²) < 4.78 is 3.27. The number of hydrogen-bond donors (Lipinski definition) is 0. The number of rotatable bonds is 4. The number of aryl methyl sites for hydroxylation is 1. The fourth-order valence-electron chi connectivity index (χ4n) is 3.37. The second-order valence-electron chi connectivity index (χ2n) is 6.66. The van der Waals surface area contributed by atoms with E-state index in [1.165, 1.54) is 19.3 Å². The van der Waals surface area contributed by atoms with E-state index in [-0.39, 0.29) is 5.56 Å². The molecule has 7 nitrogen and oxygen atoms in total. The van der Waals surface area contributed by atoms with E-state index in [4.69, 9.17) is 0 Å². The van der Waals surface area contributed by atoms with Gasteiger partial charge in [0.25, 0.3) is 5.56 Å². The zero-order valence-electron chi connectivity index (χ0n) is 14.4. The van der Waals surface area contributed by atoms with Crippen molar-refractivity contribution in [1.29, 1.82) is 0 Å². The number of hydrogen-bond acceptors (Lipinski definition) is 5. The van der Waals surface area contributed by atoms with Crippen LogP contribution in [-0.4, -0.2) is 49.1 Å². The van der Waals surface area contributed by atoms with Gasteiger partial charge in [-0.2, -0.15) is 4.68 Å². The molecule has 0 N–H and O–H groups in total. The minimum atomic E-state index is -0.124. The topological polar surface area (TPSA) is 68.8 Å². The summed E-state index contributed by atoms with van der Waals surface area (Å²) in [5.41, 5.74) is 2.69. The van der Waals surface area contributed by atoms with Gasteiger partial charge in [0.15, 0.2) is 11.2 Å². The van der Waals surface area contributed by atoms with Gasteiger partial charge < -0.3 is 4.90 Å². The van der Waals surface area contributed by atoms with Gasteiger partial charge in [-0.1, -0.05) is 23.8 Å². The monoisotopic (exact) mass is 338 g/mol. The quantitative estimate of drug-likeness (QED) is 0.725. The van der Waals surface area contributed by atoms with Crippen molar-refractivity contribution in [3.8, 4) is 5.69 Å². The number of aromatic nitrogens is 5. The van der Waals surface area contributed by atoms with E-state index in [0.717, 1.165) is 30.9 Å². The lowest BCUT2D eigenvalue weighted by molar-refractivity contribution is 0.220. The Kier molecular flexibility index (Phi) is 4.31. The molecular weight excluding hydrogens is 316 g/mol. The summed E-state index contributed by atoms with van der Waals surface area (Å²) in [6, 6.07) is 7.91. The van der Waals surface area contributed by atoms with Crippen molar-refractivity contribution < 1.29 is 0 Å². The first-order chi connectivity index (χ1) is 12.2. The third-order valence-corrected chi connectivity index (χ3v) is 4.78. The van der Waals surface area contributed by atoms with Gasteiger partial charge in [-0.05, 0) is 50.6 Å². The summed E-state index contributed by atoms with van der Waals surface area (Å²) in [5.74, 6) is 0. The Morgan fingerprint density at radius 2 is 1.96 bits per heavy atom. The fourth-order valence-corrected chi connectivity index (χ4v) is 3.37. The molecule has 0 atom stereocenters. The van der Waals surface area contributed by atoms with Crippen LogP contribution in [0.1, 0.15) is 24.8 Å². The Balaban J connectivity index is 1.62. The van der Waals surface area contributed by atoms with Crippen LogP contribution in [0, 0.1) is 6.92 Å². The zero-order chi connectivity index (χ0) is 17.2. The van der Waals surface area contributed by atoms with Gasteiger partial charge in [0.2, 0.25) is 0 Å². The Morgan fingerprint density at radius 3 is 2.76 bits per heavy atom. The lowest BCUT2D eigenvalue weighted by Crippen LogP contribution is -2.34. The third kappa shape index (κ3) is 3.19. The summed E-state index contributed by atoms with van der Waals surface area (Å²) in [6.07, 6.45) is 5.42. The molecule has 7 heteroatoms. The van der Waals surface area contributed by atoms with Gasteiger partial charge in [-0.15, -0.1) is 5.10 Å². The first-order valence-corrected chi connectivity index (χ1v) is 8.82. The third-order valence-electron chi connectivity index (χ3n) is 4.78. The normalized spacial score (nSPS) is 15.7. The summed E-state index contributed by atoms with van der Waals surface area (Å²) >= 11 is 0. The highest BCUT2D eigenvalue weighted by Crippen LogP contribution is 2.13. The minimum Gasteiger partial charge on any atom is -0.302 e. The minimum absolute atomic E-state index is 0.124. The van der Waals surface area contributed by atoms with Crippen LogP contribution < -0.4 is 5.56 Å². The molecule has 0 amide bonds. The highest BCUT2D eigenvalue weighted by atomic mass is 16.1. The number of benzene rings is 1. The van der Waals surface area contributed by atoms with Gasteiger partial charge in [-0.25, -0.2) is 4.98 Å². The van der Waals surface area contributed by atoms with Gasteiger partial charge in [0.1, 0.15) is 6.33 Å². The number of likely N-dealkylation sites (tertiary alicyclic amines) is 1. The molecule has 0 aliphatic carbocycles. The molecule has 0 unspecified atom stereocenters. The summed E-state index contributed by atoms with van der Waals surface area (Å²) in [5, 5.41) is 8.22. The Labute approximate surface area is 145 Å². The molecule has 3 aromatic rings. The zero-order valence-corrected chi connectivity index (χ0v) is 14.4. The van der Waals surface area contributed by atoms with Crippen LogP contribution in [-0.2, 0) is 6.54 Å². The first-order valence-electron chi connectivity index (χ1n) is 8.82. The SMILES string of the molecule is Cc1cccc(-n2nnc3c(=O)n(CCN4CCCCC4)cnc32)c1. The molecule has 1 aliphatic rings. The standard InChI is InChI=1S/C18H22N6O/c1-14-6-5-7-15(12-14)24-17-16(20-21-24)18(25)23(13-19-17)11-10-22-8-3-2-4-9-22/h5-7,12-13H,2-4,8-11H2,1H3. The van der Waals surface area contributed by atoms with Crippen LogP contribution in [0.5, 0.6) is 0 Å². The lowest BCUT2D eigenvalue weighted by Gasteiger charge is -2.26. The van der Waals surface area contributed by atoms with Crippen LogP contribution in [0.25, 0.3) is 16.9 Å². The van der Waals surface area contributed by atoms with Crippen molar-refractivity contribution in [2.24, 2.45) is 0 Å². The van der Waals surface area contributed by atoms with Gasteiger partial charge in [0, 0.05) is 13.1 Å². The van der Waals surface area contributed by atoms with Crippen LogP contribution >= 0.6 is 0 Å². The van der Waals surface area contributed by atoms with Crippen LogP contribution in [0.2, 0.25) is 0 Å². The highest BCUT2D eigenvalue weighted by Gasteiger charge is 2.15. The van der Waals surface area contributed by atoms with Crippen molar-refractivity contribution in [1.82, 2.24) is 29.4 Å². The van der Waals surface area contributed by atoms with Crippen molar-refractivity contribution >= 4 is 11.2 Å². The van der Waals surface area contributed by atoms with E-state index in [1.807, 2.05) is 31.2 Å². The molecule has 1 aliphatic heterocycles. The van der Waals surface area contributed by atoms with Crippen LogP contribution in [0.4, 0.5) is 0 Å². The Bertz CT molecular complexity index is 938. The Hall–Kier alpha value is -2.54. The fraction of sp³-hybridized carbons (Fsp3) is 0.444. The molecule has 1 aromatic carbocycles. The molecular formula is C18H22N6O. The second-order valence-corrected chi connectivity index (χ2v) is 6.66. The maximum absolute atomic E-state index is 12.7. The summed E-state index contributed by atoms with van der Waals surface area (Å²) in [6.45, 7) is 5.77. The summed E-state index contributed by atoms with van der Waals surface area (Å²) in [4.78, 5) is 19.6. The van der Waals surface area contributed by atoms with E-state index in [1.54, 1.807) is 15.6 Å². The maximum atomic E-state index is 12.7. The molecule has 0 spiro atoms. The van der Waals surface area contributed by atoms with E-state index in [2.05, 4.69) is 20.2 Å². The average molecular weight is 338 g/mol. The van der Waals surface area contributed by atoms with E-state index < -0.39 is 0 Å². The summed E-state index contributed by atoms with van der Waals surface area (Å²) in [7, 11) is 0. The molecule has 4 rings (SSSR count). The second kappa shape index (κ2) is 6.76. The molecule has 0 saturated carbocycles. The average Bonchev–Trinajstić information content (AvgIpc) is 3.07. The van der Waals surface area contributed by atoms with Crippen molar-refractivity contribution in [2.75, 3.05) is 19.6 Å². The highest BCUT2D eigenvalue weighted by molar-refractivity contribution is 5.70. The van der Waals surface area contributed by atoms with Crippen LogP contribution in [0.3, 0.4) is 0 Å². The molecule has 130 valence electrons. The maximum Gasteiger partial charge on any atom is 0.283 e. The predicted molar refractivity (Wildman–Crippen MR) is 95.9 cm³/mol. The van der Waals surface area contributed by atoms with Gasteiger partial charge >= 0.3 is 0 Å². The molecule has 1 fully saturated rings. The van der Waals surface area contributed by atoms with Crippen molar-refractivity contribution in [3.05, 3.63) is 46.5 Å². The smallest absolute Gasteiger partial charge is 0.283 e.